The molecule has 1 aromatic rings. The topological polar surface area (TPSA) is 54.0 Å². The number of piperidine rings is 1. The van der Waals surface area contributed by atoms with Crippen molar-refractivity contribution in [1.29, 1.82) is 0 Å². The normalized spacial score (nSPS) is 18.2. The summed E-state index contributed by atoms with van der Waals surface area (Å²) in [6, 6.07) is 1.32. The molecule has 102 valence electrons. The van der Waals surface area contributed by atoms with Crippen LogP contribution >= 0.6 is 24.8 Å². The molecule has 1 aliphatic rings. The van der Waals surface area contributed by atoms with Crippen molar-refractivity contribution >= 4 is 30.7 Å². The molecule has 0 saturated carbocycles. The Labute approximate surface area is 118 Å². The van der Waals surface area contributed by atoms with Gasteiger partial charge in [-0.05, 0) is 25.5 Å². The van der Waals surface area contributed by atoms with Gasteiger partial charge in [0.1, 0.15) is 5.82 Å². The fourth-order valence-corrected chi connectivity index (χ4v) is 1.78. The maximum absolute atomic E-state index is 12.9. The highest BCUT2D eigenvalue weighted by Gasteiger charge is 2.16. The zero-order valence-electron chi connectivity index (χ0n) is 9.69. The SMILES string of the molecule is Cl.Cl.O=C(N[C@H]1CCCNC1)c1cncc(F)c1. The Kier molecular flexibility index (Phi) is 7.82. The summed E-state index contributed by atoms with van der Waals surface area (Å²) in [5.41, 5.74) is 0.269. The molecule has 0 aromatic carbocycles. The van der Waals surface area contributed by atoms with Crippen LogP contribution in [0, 0.1) is 5.82 Å². The van der Waals surface area contributed by atoms with Crippen LogP contribution in [0.2, 0.25) is 0 Å². The number of nitrogens with zero attached hydrogens (tertiary/aromatic N) is 1. The highest BCUT2D eigenvalue weighted by atomic mass is 35.5. The smallest absolute Gasteiger partial charge is 0.253 e. The summed E-state index contributed by atoms with van der Waals surface area (Å²) >= 11 is 0. The number of amides is 1. The van der Waals surface area contributed by atoms with Crippen LogP contribution in [-0.2, 0) is 0 Å². The van der Waals surface area contributed by atoms with E-state index in [-0.39, 0.29) is 42.3 Å². The second-order valence-electron chi connectivity index (χ2n) is 3.91. The van der Waals surface area contributed by atoms with Crippen LogP contribution in [0.15, 0.2) is 18.5 Å². The Bertz CT molecular complexity index is 386. The number of rotatable bonds is 2. The molecular weight excluding hydrogens is 280 g/mol. The summed E-state index contributed by atoms with van der Waals surface area (Å²) in [7, 11) is 0. The first kappa shape index (κ1) is 17.1. The Morgan fingerprint density at radius 1 is 1.44 bits per heavy atom. The molecule has 2 N–H and O–H groups in total. The van der Waals surface area contributed by atoms with Gasteiger partial charge in [-0.25, -0.2) is 4.39 Å². The van der Waals surface area contributed by atoms with Crippen LogP contribution in [0.3, 0.4) is 0 Å². The molecule has 18 heavy (non-hydrogen) atoms. The summed E-state index contributed by atoms with van der Waals surface area (Å²) in [5, 5.41) is 6.05. The number of nitrogens with one attached hydrogen (secondary N) is 2. The van der Waals surface area contributed by atoms with E-state index >= 15 is 0 Å². The lowest BCUT2D eigenvalue weighted by Crippen LogP contribution is -2.45. The van der Waals surface area contributed by atoms with Gasteiger partial charge in [-0.1, -0.05) is 0 Å². The largest absolute Gasteiger partial charge is 0.348 e. The van der Waals surface area contributed by atoms with Gasteiger partial charge in [-0.15, -0.1) is 24.8 Å². The van der Waals surface area contributed by atoms with Gasteiger partial charge in [0.15, 0.2) is 0 Å². The second kappa shape index (κ2) is 8.24. The predicted octanol–water partition coefficient (Wildman–Crippen LogP) is 1.55. The zero-order valence-corrected chi connectivity index (χ0v) is 11.3. The third-order valence-corrected chi connectivity index (χ3v) is 2.60. The lowest BCUT2D eigenvalue weighted by Gasteiger charge is -2.23. The molecule has 0 radical (unpaired) electrons. The van der Waals surface area contributed by atoms with E-state index in [0.29, 0.717) is 0 Å². The molecule has 2 heterocycles. The maximum Gasteiger partial charge on any atom is 0.253 e. The lowest BCUT2D eigenvalue weighted by molar-refractivity contribution is 0.0930. The quantitative estimate of drug-likeness (QED) is 0.870. The predicted molar refractivity (Wildman–Crippen MR) is 72.0 cm³/mol. The van der Waals surface area contributed by atoms with Crippen molar-refractivity contribution in [1.82, 2.24) is 15.6 Å². The van der Waals surface area contributed by atoms with Crippen LogP contribution < -0.4 is 10.6 Å². The fourth-order valence-electron chi connectivity index (χ4n) is 1.78. The van der Waals surface area contributed by atoms with Crippen molar-refractivity contribution < 1.29 is 9.18 Å². The molecule has 7 heteroatoms. The highest BCUT2D eigenvalue weighted by Crippen LogP contribution is 2.05. The molecule has 1 aliphatic heterocycles. The first-order valence-corrected chi connectivity index (χ1v) is 5.38. The molecule has 1 atom stereocenters. The second-order valence-corrected chi connectivity index (χ2v) is 3.91. The van der Waals surface area contributed by atoms with Crippen molar-refractivity contribution in [2.24, 2.45) is 0 Å². The van der Waals surface area contributed by atoms with E-state index in [0.717, 1.165) is 32.1 Å². The van der Waals surface area contributed by atoms with E-state index in [2.05, 4.69) is 15.6 Å². The van der Waals surface area contributed by atoms with Crippen molar-refractivity contribution in [3.63, 3.8) is 0 Å². The van der Waals surface area contributed by atoms with Crippen LogP contribution in [0.25, 0.3) is 0 Å². The Hall–Kier alpha value is -0.910. The minimum Gasteiger partial charge on any atom is -0.348 e. The van der Waals surface area contributed by atoms with Crippen LogP contribution in [0.5, 0.6) is 0 Å². The van der Waals surface area contributed by atoms with Gasteiger partial charge in [0.05, 0.1) is 11.8 Å². The zero-order chi connectivity index (χ0) is 11.4. The Morgan fingerprint density at radius 2 is 2.22 bits per heavy atom. The van der Waals surface area contributed by atoms with Gasteiger partial charge in [-0.3, -0.25) is 9.78 Å². The average molecular weight is 296 g/mol. The molecule has 4 nitrogen and oxygen atoms in total. The maximum atomic E-state index is 12.9. The summed E-state index contributed by atoms with van der Waals surface area (Å²) in [4.78, 5) is 15.4. The molecule has 1 aromatic heterocycles. The first-order valence-electron chi connectivity index (χ1n) is 5.38. The molecule has 2 rings (SSSR count). The van der Waals surface area contributed by atoms with E-state index in [1.165, 1.54) is 12.3 Å². The van der Waals surface area contributed by atoms with Crippen molar-refractivity contribution in [3.05, 3.63) is 29.8 Å². The molecule has 0 aliphatic carbocycles. The molecule has 0 unspecified atom stereocenters. The lowest BCUT2D eigenvalue weighted by atomic mass is 10.1. The van der Waals surface area contributed by atoms with Gasteiger partial charge in [0.2, 0.25) is 0 Å². The molecule has 0 bridgehead atoms. The molecular formula is C11H16Cl2FN3O. The number of pyridine rings is 1. The molecule has 1 amide bonds. The summed E-state index contributed by atoms with van der Waals surface area (Å²) in [6.07, 6.45) is 4.46. The third kappa shape index (κ3) is 4.76. The van der Waals surface area contributed by atoms with Gasteiger partial charge in [-0.2, -0.15) is 0 Å². The Morgan fingerprint density at radius 3 is 2.83 bits per heavy atom. The van der Waals surface area contributed by atoms with Crippen LogP contribution in [0.4, 0.5) is 4.39 Å². The Balaban J connectivity index is 0.00000144. The number of carbonyl (C=O) groups is 1. The monoisotopic (exact) mass is 295 g/mol. The molecule has 0 spiro atoms. The number of hydrogen-bond acceptors (Lipinski definition) is 3. The fraction of sp³-hybridized carbons (Fsp3) is 0.455. The van der Waals surface area contributed by atoms with Crippen LogP contribution in [-0.4, -0.2) is 30.0 Å². The average Bonchev–Trinajstić information content (AvgIpc) is 2.30. The van der Waals surface area contributed by atoms with Gasteiger partial charge in [0.25, 0.3) is 5.91 Å². The number of halogens is 3. The first-order chi connectivity index (χ1) is 7.75. The van der Waals surface area contributed by atoms with Gasteiger partial charge in [0, 0.05) is 18.8 Å². The third-order valence-electron chi connectivity index (χ3n) is 2.60. The summed E-state index contributed by atoms with van der Waals surface area (Å²) < 4.78 is 12.9. The standard InChI is InChI=1S/C11H14FN3O.2ClH/c12-9-4-8(5-14-6-9)11(16)15-10-2-1-3-13-7-10;;/h4-6,10,13H,1-3,7H2,(H,15,16);2*1H/t10-;;/m0../s1. The molecule has 1 saturated heterocycles. The minimum atomic E-state index is -0.491. The highest BCUT2D eigenvalue weighted by molar-refractivity contribution is 5.94. The van der Waals surface area contributed by atoms with Gasteiger partial charge >= 0.3 is 0 Å². The van der Waals surface area contributed by atoms with Crippen molar-refractivity contribution in [2.45, 2.75) is 18.9 Å². The van der Waals surface area contributed by atoms with Gasteiger partial charge < -0.3 is 10.6 Å². The minimum absolute atomic E-state index is 0. The number of aromatic nitrogens is 1. The summed E-state index contributed by atoms with van der Waals surface area (Å²) in [5.74, 6) is -0.755. The molecule has 1 fully saturated rings. The number of hydrogen-bond donors (Lipinski definition) is 2. The van der Waals surface area contributed by atoms with E-state index in [9.17, 15) is 9.18 Å². The van der Waals surface area contributed by atoms with Crippen molar-refractivity contribution in [3.8, 4) is 0 Å². The van der Waals surface area contributed by atoms with Crippen LogP contribution in [0.1, 0.15) is 23.2 Å². The van der Waals surface area contributed by atoms with E-state index < -0.39 is 5.82 Å². The van der Waals surface area contributed by atoms with Crippen molar-refractivity contribution in [2.75, 3.05) is 13.1 Å². The van der Waals surface area contributed by atoms with E-state index in [1.54, 1.807) is 0 Å². The summed E-state index contributed by atoms with van der Waals surface area (Å²) in [6.45, 7) is 1.77. The van der Waals surface area contributed by atoms with E-state index in [1.807, 2.05) is 0 Å². The van der Waals surface area contributed by atoms with E-state index in [4.69, 9.17) is 0 Å². The number of carbonyl (C=O) groups excluding carboxylic acids is 1.